The predicted octanol–water partition coefficient (Wildman–Crippen LogP) is 3.51. The van der Waals surface area contributed by atoms with E-state index in [4.69, 9.17) is 9.47 Å². The lowest BCUT2D eigenvalue weighted by Crippen LogP contribution is -2.40. The molecule has 0 aliphatic rings. The van der Waals surface area contributed by atoms with E-state index < -0.39 is 11.2 Å². The average Bonchev–Trinajstić information content (AvgIpc) is 2.93. The van der Waals surface area contributed by atoms with Gasteiger partial charge in [-0.15, -0.1) is 0 Å². The van der Waals surface area contributed by atoms with Gasteiger partial charge in [0.25, 0.3) is 5.56 Å². The summed E-state index contributed by atoms with van der Waals surface area (Å²) in [5.74, 6) is 0.743. The van der Waals surface area contributed by atoms with Gasteiger partial charge in [-0.1, -0.05) is 30.3 Å². The van der Waals surface area contributed by atoms with Crippen LogP contribution in [0.25, 0.3) is 10.9 Å². The topological polar surface area (TPSA) is 91.6 Å². The number of aromatic nitrogens is 2. The van der Waals surface area contributed by atoms with E-state index in [9.17, 15) is 18.8 Å². The molecule has 0 bridgehead atoms. The minimum Gasteiger partial charge on any atom is -0.493 e. The molecule has 0 saturated carbocycles. The number of methoxy groups -OCH3 is 2. The van der Waals surface area contributed by atoms with Gasteiger partial charge in [-0.3, -0.25) is 18.7 Å². The lowest BCUT2D eigenvalue weighted by Gasteiger charge is -2.14. The van der Waals surface area contributed by atoms with Crippen LogP contribution in [0.1, 0.15) is 24.0 Å². The molecule has 0 spiro atoms. The first-order valence-corrected chi connectivity index (χ1v) is 12.4. The van der Waals surface area contributed by atoms with Crippen molar-refractivity contribution in [3.8, 4) is 11.5 Å². The molecule has 0 radical (unpaired) electrons. The summed E-state index contributed by atoms with van der Waals surface area (Å²) in [6.45, 7) is 0.736. The highest BCUT2D eigenvalue weighted by Crippen LogP contribution is 2.27. The summed E-state index contributed by atoms with van der Waals surface area (Å²) in [5, 5.41) is 3.29. The largest absolute Gasteiger partial charge is 0.493 e. The van der Waals surface area contributed by atoms with E-state index in [-0.39, 0.29) is 31.2 Å². The van der Waals surface area contributed by atoms with Crippen molar-refractivity contribution in [1.29, 1.82) is 0 Å². The molecule has 9 heteroatoms. The number of ether oxygens (including phenoxy) is 2. The number of fused-ring (bicyclic) bond motifs is 1. The Morgan fingerprint density at radius 2 is 1.61 bits per heavy atom. The number of nitrogens with one attached hydrogen (secondary N) is 1. The number of carbonyl (C=O) groups is 1. The number of halogens is 1. The van der Waals surface area contributed by atoms with Gasteiger partial charge in [0.1, 0.15) is 5.82 Å². The van der Waals surface area contributed by atoms with Gasteiger partial charge in [0.05, 0.1) is 31.7 Å². The fourth-order valence-electron chi connectivity index (χ4n) is 4.36. The molecule has 3 aromatic carbocycles. The van der Waals surface area contributed by atoms with Gasteiger partial charge in [0.2, 0.25) is 5.91 Å². The maximum Gasteiger partial charge on any atom is 0.331 e. The third kappa shape index (κ3) is 6.11. The van der Waals surface area contributed by atoms with Gasteiger partial charge >= 0.3 is 5.69 Å². The molecular weight excluding hydrogens is 489 g/mol. The Kier molecular flexibility index (Phi) is 8.58. The molecule has 0 unspecified atom stereocenters. The Balaban J connectivity index is 1.40. The highest BCUT2D eigenvalue weighted by molar-refractivity contribution is 5.78. The number of hydrogen-bond donors (Lipinski definition) is 1. The van der Waals surface area contributed by atoms with Crippen molar-refractivity contribution < 1.29 is 18.7 Å². The van der Waals surface area contributed by atoms with Crippen molar-refractivity contribution >= 4 is 16.8 Å². The maximum absolute atomic E-state index is 13.3. The molecule has 4 rings (SSSR count). The fourth-order valence-corrected chi connectivity index (χ4v) is 4.36. The molecule has 38 heavy (non-hydrogen) atoms. The van der Waals surface area contributed by atoms with E-state index in [0.717, 1.165) is 11.1 Å². The lowest BCUT2D eigenvalue weighted by molar-refractivity contribution is -0.121. The monoisotopic (exact) mass is 519 g/mol. The summed E-state index contributed by atoms with van der Waals surface area (Å²) in [4.78, 5) is 38.8. The predicted molar refractivity (Wildman–Crippen MR) is 143 cm³/mol. The highest BCUT2D eigenvalue weighted by Gasteiger charge is 2.14. The van der Waals surface area contributed by atoms with E-state index in [1.165, 1.54) is 21.3 Å². The Morgan fingerprint density at radius 3 is 2.34 bits per heavy atom. The normalized spacial score (nSPS) is 10.9. The van der Waals surface area contributed by atoms with Crippen LogP contribution in [0, 0.1) is 5.82 Å². The molecule has 198 valence electrons. The van der Waals surface area contributed by atoms with Crippen LogP contribution >= 0.6 is 0 Å². The van der Waals surface area contributed by atoms with Crippen LogP contribution in [0.2, 0.25) is 0 Å². The summed E-state index contributed by atoms with van der Waals surface area (Å²) in [5.41, 5.74) is 1.38. The number of hydrogen-bond acceptors (Lipinski definition) is 5. The minimum atomic E-state index is -0.466. The van der Waals surface area contributed by atoms with Crippen molar-refractivity contribution in [2.24, 2.45) is 0 Å². The van der Waals surface area contributed by atoms with Crippen LogP contribution in [0.4, 0.5) is 4.39 Å². The smallest absolute Gasteiger partial charge is 0.331 e. The zero-order chi connectivity index (χ0) is 27.1. The van der Waals surface area contributed by atoms with Crippen LogP contribution in [0.15, 0.2) is 76.3 Å². The molecule has 0 aliphatic carbocycles. The van der Waals surface area contributed by atoms with E-state index in [1.807, 2.05) is 18.2 Å². The number of nitrogens with zero attached hydrogens (tertiary/aromatic N) is 2. The summed E-state index contributed by atoms with van der Waals surface area (Å²) in [6.07, 6.45) is 1.11. The minimum absolute atomic E-state index is 0.106. The summed E-state index contributed by atoms with van der Waals surface area (Å²) in [6, 6.07) is 18.4. The third-order valence-corrected chi connectivity index (χ3v) is 6.36. The van der Waals surface area contributed by atoms with Crippen molar-refractivity contribution in [3.63, 3.8) is 0 Å². The van der Waals surface area contributed by atoms with Crippen molar-refractivity contribution in [2.45, 2.75) is 32.4 Å². The van der Waals surface area contributed by atoms with E-state index in [1.54, 1.807) is 50.6 Å². The zero-order valence-corrected chi connectivity index (χ0v) is 21.4. The Bertz CT molecular complexity index is 1540. The number of amides is 1. The van der Waals surface area contributed by atoms with Crippen LogP contribution in [-0.4, -0.2) is 35.8 Å². The molecule has 1 aromatic heterocycles. The van der Waals surface area contributed by atoms with Gasteiger partial charge in [-0.2, -0.15) is 0 Å². The van der Waals surface area contributed by atoms with Gasteiger partial charge in [-0.25, -0.2) is 9.18 Å². The second kappa shape index (κ2) is 12.2. The molecule has 8 nitrogen and oxygen atoms in total. The van der Waals surface area contributed by atoms with Crippen LogP contribution in [0.3, 0.4) is 0 Å². The SMILES string of the molecule is COc1ccc(CCNC(=O)CCCn2c(=O)c3ccccc3n(Cc3ccc(F)cc3)c2=O)cc1OC. The molecule has 0 fully saturated rings. The van der Waals surface area contributed by atoms with E-state index in [2.05, 4.69) is 5.32 Å². The second-order valence-electron chi connectivity index (χ2n) is 8.86. The van der Waals surface area contributed by atoms with Gasteiger partial charge in [0.15, 0.2) is 11.5 Å². The Labute approximate surface area is 219 Å². The molecule has 1 heterocycles. The molecule has 1 amide bonds. The molecule has 0 atom stereocenters. The van der Waals surface area contributed by atoms with Crippen molar-refractivity contribution in [2.75, 3.05) is 20.8 Å². The summed E-state index contributed by atoms with van der Waals surface area (Å²) in [7, 11) is 3.15. The maximum atomic E-state index is 13.3. The molecular formula is C29H30FN3O5. The number of benzene rings is 3. The van der Waals surface area contributed by atoms with Crippen molar-refractivity contribution in [3.05, 3.63) is 105 Å². The average molecular weight is 520 g/mol. The first-order chi connectivity index (χ1) is 18.4. The number of rotatable bonds is 11. The number of para-hydroxylation sites is 1. The Morgan fingerprint density at radius 1 is 0.895 bits per heavy atom. The van der Waals surface area contributed by atoms with Crippen LogP contribution < -0.4 is 26.0 Å². The fraction of sp³-hybridized carbons (Fsp3) is 0.276. The summed E-state index contributed by atoms with van der Waals surface area (Å²) < 4.78 is 26.6. The molecule has 4 aromatic rings. The van der Waals surface area contributed by atoms with E-state index in [0.29, 0.717) is 41.8 Å². The lowest BCUT2D eigenvalue weighted by atomic mass is 10.1. The summed E-state index contributed by atoms with van der Waals surface area (Å²) >= 11 is 0. The van der Waals surface area contributed by atoms with Gasteiger partial charge < -0.3 is 14.8 Å². The standard InChI is InChI=1S/C29H30FN3O5/c1-37-25-14-11-20(18-26(25)38-2)15-16-31-27(34)8-5-17-32-28(35)23-6-3-4-7-24(23)33(29(32)36)19-21-9-12-22(30)13-10-21/h3-4,6-7,9-14,18H,5,8,15-17,19H2,1-2H3,(H,31,34). The molecule has 0 saturated heterocycles. The second-order valence-corrected chi connectivity index (χ2v) is 8.86. The van der Waals surface area contributed by atoms with Crippen LogP contribution in [0.5, 0.6) is 11.5 Å². The number of carbonyl (C=O) groups excluding carboxylic acids is 1. The first-order valence-electron chi connectivity index (χ1n) is 12.4. The van der Waals surface area contributed by atoms with Gasteiger partial charge in [-0.05, 0) is 60.4 Å². The third-order valence-electron chi connectivity index (χ3n) is 6.36. The molecule has 1 N–H and O–H groups in total. The highest BCUT2D eigenvalue weighted by atomic mass is 19.1. The van der Waals surface area contributed by atoms with Crippen LogP contribution in [-0.2, 0) is 24.3 Å². The van der Waals surface area contributed by atoms with E-state index >= 15 is 0 Å². The first kappa shape index (κ1) is 26.7. The van der Waals surface area contributed by atoms with Gasteiger partial charge in [0, 0.05) is 19.5 Å². The zero-order valence-electron chi connectivity index (χ0n) is 21.4. The quantitative estimate of drug-likeness (QED) is 0.328. The van der Waals surface area contributed by atoms with Crippen molar-refractivity contribution in [1.82, 2.24) is 14.5 Å². The molecule has 0 aliphatic heterocycles. The Hall–Kier alpha value is -4.40.